The van der Waals surface area contributed by atoms with Crippen molar-refractivity contribution in [1.82, 2.24) is 0 Å². The third-order valence-corrected chi connectivity index (χ3v) is 3.80. The Bertz CT molecular complexity index is 508. The van der Waals surface area contributed by atoms with Crippen LogP contribution in [-0.4, -0.2) is 24.2 Å². The van der Waals surface area contributed by atoms with E-state index in [2.05, 4.69) is 0 Å². The van der Waals surface area contributed by atoms with Crippen LogP contribution in [0.4, 0.5) is 18.9 Å². The van der Waals surface area contributed by atoms with E-state index in [1.807, 2.05) is 0 Å². The number of nitrogens with zero attached hydrogens (tertiary/aromatic N) is 1. The molecule has 0 heterocycles. The molecule has 6 heteroatoms. The second kappa shape index (κ2) is 5.34. The Kier molecular flexibility index (Phi) is 3.92. The topological polar surface area (TPSA) is 40.5 Å². The number of hydrogen-bond donors (Lipinski definition) is 1. The fourth-order valence-corrected chi connectivity index (χ4v) is 2.69. The molecule has 0 amide bonds. The number of carboxylic acids is 1. The van der Waals surface area contributed by atoms with Gasteiger partial charge in [-0.2, -0.15) is 13.2 Å². The Labute approximate surface area is 115 Å². The summed E-state index contributed by atoms with van der Waals surface area (Å²) in [4.78, 5) is 12.5. The van der Waals surface area contributed by atoms with Crippen molar-refractivity contribution in [3.63, 3.8) is 0 Å². The molecule has 0 spiro atoms. The molecule has 0 saturated heterocycles. The van der Waals surface area contributed by atoms with E-state index < -0.39 is 17.7 Å². The van der Waals surface area contributed by atoms with Gasteiger partial charge in [-0.25, -0.2) is 4.79 Å². The first-order valence-electron chi connectivity index (χ1n) is 6.48. The van der Waals surface area contributed by atoms with Crippen molar-refractivity contribution in [2.45, 2.75) is 37.9 Å². The normalized spacial score (nSPS) is 16.4. The van der Waals surface area contributed by atoms with Gasteiger partial charge in [-0.15, -0.1) is 0 Å². The Balaban J connectivity index is 2.43. The standard InChI is InChI=1S/C14H16F3NO2/c1-18(10-4-2-3-5-10)12-7-6-9(13(19)20)8-11(12)14(15,16)17/h6-8,10H,2-5H2,1H3,(H,19,20). The van der Waals surface area contributed by atoms with Crippen molar-refractivity contribution in [3.8, 4) is 0 Å². The molecule has 0 radical (unpaired) electrons. The monoisotopic (exact) mass is 287 g/mol. The van der Waals surface area contributed by atoms with Gasteiger partial charge in [0.15, 0.2) is 0 Å². The first kappa shape index (κ1) is 14.7. The molecule has 0 bridgehead atoms. The second-order valence-electron chi connectivity index (χ2n) is 5.08. The van der Waals surface area contributed by atoms with Crippen LogP contribution < -0.4 is 4.90 Å². The quantitative estimate of drug-likeness (QED) is 0.919. The van der Waals surface area contributed by atoms with Crippen LogP contribution in [0.5, 0.6) is 0 Å². The van der Waals surface area contributed by atoms with Gasteiger partial charge < -0.3 is 10.0 Å². The van der Waals surface area contributed by atoms with E-state index in [1.54, 1.807) is 11.9 Å². The molecule has 1 saturated carbocycles. The van der Waals surface area contributed by atoms with E-state index in [0.29, 0.717) is 6.07 Å². The van der Waals surface area contributed by atoms with E-state index in [9.17, 15) is 18.0 Å². The van der Waals surface area contributed by atoms with Crippen molar-refractivity contribution in [1.29, 1.82) is 0 Å². The number of halogens is 3. The molecule has 1 aromatic carbocycles. The molecule has 1 aliphatic rings. The fraction of sp³-hybridized carbons (Fsp3) is 0.500. The third kappa shape index (κ3) is 2.89. The molecule has 1 fully saturated rings. The van der Waals surface area contributed by atoms with E-state index in [0.717, 1.165) is 25.7 Å². The minimum Gasteiger partial charge on any atom is -0.478 e. The van der Waals surface area contributed by atoms with Crippen LogP contribution in [0.1, 0.15) is 41.6 Å². The third-order valence-electron chi connectivity index (χ3n) is 3.80. The summed E-state index contributed by atoms with van der Waals surface area (Å²) < 4.78 is 39.4. The van der Waals surface area contributed by atoms with E-state index in [1.165, 1.54) is 12.1 Å². The van der Waals surface area contributed by atoms with Gasteiger partial charge in [0.05, 0.1) is 11.1 Å². The molecule has 1 aliphatic carbocycles. The van der Waals surface area contributed by atoms with Crippen LogP contribution in [-0.2, 0) is 6.18 Å². The summed E-state index contributed by atoms with van der Waals surface area (Å²) in [5.41, 5.74) is -1.18. The van der Waals surface area contributed by atoms with Gasteiger partial charge in [0.1, 0.15) is 0 Å². The highest BCUT2D eigenvalue weighted by molar-refractivity contribution is 5.88. The van der Waals surface area contributed by atoms with Crippen LogP contribution in [0.15, 0.2) is 18.2 Å². The Morgan fingerprint density at radius 1 is 1.30 bits per heavy atom. The maximum Gasteiger partial charge on any atom is 0.418 e. The van der Waals surface area contributed by atoms with Gasteiger partial charge >= 0.3 is 12.1 Å². The zero-order valence-corrected chi connectivity index (χ0v) is 11.1. The SMILES string of the molecule is CN(c1ccc(C(=O)O)cc1C(F)(F)F)C1CCCC1. The van der Waals surface area contributed by atoms with Gasteiger partial charge in [0.25, 0.3) is 0 Å². The summed E-state index contributed by atoms with van der Waals surface area (Å²) >= 11 is 0. The molecule has 0 unspecified atom stereocenters. The molecule has 3 nitrogen and oxygen atoms in total. The van der Waals surface area contributed by atoms with Crippen molar-refractivity contribution < 1.29 is 23.1 Å². The van der Waals surface area contributed by atoms with Crippen molar-refractivity contribution >= 4 is 11.7 Å². The highest BCUT2D eigenvalue weighted by Gasteiger charge is 2.36. The number of aromatic carboxylic acids is 1. The summed E-state index contributed by atoms with van der Waals surface area (Å²) in [7, 11) is 1.64. The molecule has 2 rings (SSSR count). The summed E-state index contributed by atoms with van der Waals surface area (Å²) in [6, 6.07) is 3.28. The van der Waals surface area contributed by atoms with Gasteiger partial charge in [-0.05, 0) is 31.0 Å². The number of anilines is 1. The van der Waals surface area contributed by atoms with Crippen molar-refractivity contribution in [2.24, 2.45) is 0 Å². The first-order chi connectivity index (χ1) is 9.30. The number of alkyl halides is 3. The van der Waals surface area contributed by atoms with E-state index in [-0.39, 0.29) is 17.3 Å². The van der Waals surface area contributed by atoms with Crippen molar-refractivity contribution in [2.75, 3.05) is 11.9 Å². The highest BCUT2D eigenvalue weighted by atomic mass is 19.4. The van der Waals surface area contributed by atoms with Crippen LogP contribution in [0.3, 0.4) is 0 Å². The largest absolute Gasteiger partial charge is 0.478 e. The molecule has 1 aromatic rings. The average molecular weight is 287 g/mol. The summed E-state index contributed by atoms with van der Waals surface area (Å²) in [5, 5.41) is 8.84. The van der Waals surface area contributed by atoms with E-state index in [4.69, 9.17) is 5.11 Å². The maximum atomic E-state index is 13.1. The minimum atomic E-state index is -4.56. The molecular formula is C14H16F3NO2. The maximum absolute atomic E-state index is 13.1. The number of carbonyl (C=O) groups is 1. The molecule has 110 valence electrons. The molecule has 0 aliphatic heterocycles. The summed E-state index contributed by atoms with van der Waals surface area (Å²) in [6.07, 6.45) is -0.788. The van der Waals surface area contributed by atoms with Gasteiger partial charge in [-0.1, -0.05) is 12.8 Å². The number of hydrogen-bond acceptors (Lipinski definition) is 2. The Hall–Kier alpha value is -1.72. The van der Waals surface area contributed by atoms with Crippen LogP contribution in [0.25, 0.3) is 0 Å². The lowest BCUT2D eigenvalue weighted by atomic mass is 10.1. The highest BCUT2D eigenvalue weighted by Crippen LogP contribution is 2.39. The van der Waals surface area contributed by atoms with Crippen LogP contribution in [0.2, 0.25) is 0 Å². The predicted octanol–water partition coefficient (Wildman–Crippen LogP) is 3.78. The predicted molar refractivity (Wildman–Crippen MR) is 69.1 cm³/mol. The minimum absolute atomic E-state index is 0.0504. The zero-order valence-electron chi connectivity index (χ0n) is 11.1. The molecule has 0 aromatic heterocycles. The van der Waals surface area contributed by atoms with Gasteiger partial charge in [0.2, 0.25) is 0 Å². The van der Waals surface area contributed by atoms with E-state index >= 15 is 0 Å². The molecule has 1 N–H and O–H groups in total. The number of benzene rings is 1. The molecule has 20 heavy (non-hydrogen) atoms. The fourth-order valence-electron chi connectivity index (χ4n) is 2.69. The zero-order chi connectivity index (χ0) is 14.9. The van der Waals surface area contributed by atoms with Crippen LogP contribution >= 0.6 is 0 Å². The smallest absolute Gasteiger partial charge is 0.418 e. The van der Waals surface area contributed by atoms with Crippen molar-refractivity contribution in [3.05, 3.63) is 29.3 Å². The summed E-state index contributed by atoms with van der Waals surface area (Å²) in [5.74, 6) is -1.36. The number of carboxylic acid groups (broad SMARTS) is 1. The second-order valence-corrected chi connectivity index (χ2v) is 5.08. The number of rotatable bonds is 3. The van der Waals surface area contributed by atoms with Crippen LogP contribution in [0, 0.1) is 0 Å². The lowest BCUT2D eigenvalue weighted by molar-refractivity contribution is -0.137. The first-order valence-corrected chi connectivity index (χ1v) is 6.48. The average Bonchev–Trinajstić information content (AvgIpc) is 2.90. The van der Waals surface area contributed by atoms with Gasteiger partial charge in [0, 0.05) is 18.8 Å². The van der Waals surface area contributed by atoms with Gasteiger partial charge in [-0.3, -0.25) is 0 Å². The molecular weight excluding hydrogens is 271 g/mol. The molecule has 0 atom stereocenters. The Morgan fingerprint density at radius 3 is 2.40 bits per heavy atom. The lowest BCUT2D eigenvalue weighted by Gasteiger charge is -2.29. The summed E-state index contributed by atoms with van der Waals surface area (Å²) in [6.45, 7) is 0. The lowest BCUT2D eigenvalue weighted by Crippen LogP contribution is -2.31. The Morgan fingerprint density at radius 2 is 1.90 bits per heavy atom.